The molecule has 2 aromatic carbocycles. The first-order chi connectivity index (χ1) is 23.4. The number of amides is 1. The second-order valence-corrected chi connectivity index (χ2v) is 13.6. The lowest BCUT2D eigenvalue weighted by molar-refractivity contribution is -0.147. The van der Waals surface area contributed by atoms with Gasteiger partial charge in [-0.2, -0.15) is 0 Å². The van der Waals surface area contributed by atoms with Gasteiger partial charge in [0.15, 0.2) is 0 Å². The number of likely N-dealkylation sites (N-methyl/N-ethyl adjacent to an activating group) is 1. The Bertz CT molecular complexity index is 1590. The number of aliphatic hydroxyl groups is 5. The minimum absolute atomic E-state index is 0.151. The number of benzene rings is 2. The number of aromatic nitrogens is 1. The van der Waals surface area contributed by atoms with E-state index in [1.165, 1.54) is 7.05 Å². The van der Waals surface area contributed by atoms with Gasteiger partial charge in [0.05, 0.1) is 31.5 Å². The summed E-state index contributed by atoms with van der Waals surface area (Å²) in [5.74, 6) is 0.393. The number of aliphatic hydroxyl groups excluding tert-OH is 5. The van der Waals surface area contributed by atoms with Gasteiger partial charge in [0.2, 0.25) is 0 Å². The molecule has 2 aliphatic rings. The predicted octanol–water partition coefficient (Wildman–Crippen LogP) is 3.64. The Morgan fingerprint density at radius 2 is 1.67 bits per heavy atom. The zero-order chi connectivity index (χ0) is 35.3. The lowest BCUT2D eigenvalue weighted by Gasteiger charge is -2.29. The molecule has 0 spiro atoms. The van der Waals surface area contributed by atoms with E-state index in [1.54, 1.807) is 25.3 Å². The Kier molecular flexibility index (Phi) is 12.6. The van der Waals surface area contributed by atoms with E-state index in [0.29, 0.717) is 16.5 Å². The zero-order valence-corrected chi connectivity index (χ0v) is 29.1. The summed E-state index contributed by atoms with van der Waals surface area (Å²) in [4.78, 5) is 18.4. The van der Waals surface area contributed by atoms with Crippen molar-refractivity contribution in [1.82, 2.24) is 9.88 Å². The molecule has 0 saturated heterocycles. The molecule has 2 fully saturated rings. The standard InChI is InChI=1S/C36H44Cl2N2O9/c1-21(35(46)40(2)18-30(42)33(44)34(45)31(43)19-41)47-14-10-22-15-29(38)23(16-28(22)37)20-48-36(11-12-36)27-17-39-13-9-25(27)26-5-3-4-6-32(26)49-24-7-8-24/h3-6,9,13,15-17,21,24,30-31,33-34,41-45H,7-8,10-12,14,18-20H2,1-2H3/t21?,30-,31+,33+,34+/m0/s1. The first-order valence-corrected chi connectivity index (χ1v) is 17.2. The first kappa shape index (κ1) is 37.4. The highest BCUT2D eigenvalue weighted by Crippen LogP contribution is 2.53. The number of ether oxygens (including phenoxy) is 3. The van der Waals surface area contributed by atoms with Crippen LogP contribution >= 0.6 is 23.2 Å². The lowest BCUT2D eigenvalue weighted by atomic mass is 9.96. The van der Waals surface area contributed by atoms with E-state index in [2.05, 4.69) is 11.1 Å². The predicted molar refractivity (Wildman–Crippen MR) is 183 cm³/mol. The molecule has 0 radical (unpaired) electrons. The fourth-order valence-electron chi connectivity index (χ4n) is 5.67. The molecule has 13 heteroatoms. The molecular formula is C36H44Cl2N2O9. The van der Waals surface area contributed by atoms with E-state index in [4.69, 9.17) is 42.5 Å². The molecule has 49 heavy (non-hydrogen) atoms. The van der Waals surface area contributed by atoms with Crippen molar-refractivity contribution in [1.29, 1.82) is 0 Å². The molecule has 5 atom stereocenters. The van der Waals surface area contributed by atoms with Gasteiger partial charge in [0.25, 0.3) is 5.91 Å². The van der Waals surface area contributed by atoms with Crippen LogP contribution in [0.2, 0.25) is 10.0 Å². The third-order valence-electron chi connectivity index (χ3n) is 8.98. The fourth-order valence-corrected chi connectivity index (χ4v) is 6.19. The number of hydrogen-bond acceptors (Lipinski definition) is 10. The summed E-state index contributed by atoms with van der Waals surface area (Å²) in [5.41, 5.74) is 4.05. The number of pyridine rings is 1. The molecule has 2 aliphatic carbocycles. The van der Waals surface area contributed by atoms with Crippen molar-refractivity contribution < 1.29 is 44.5 Å². The van der Waals surface area contributed by atoms with Crippen LogP contribution in [-0.4, -0.2) is 105 Å². The molecule has 11 nitrogen and oxygen atoms in total. The Morgan fingerprint density at radius 3 is 2.37 bits per heavy atom. The monoisotopic (exact) mass is 718 g/mol. The number of carbonyl (C=O) groups is 1. The molecular weight excluding hydrogens is 675 g/mol. The topological polar surface area (TPSA) is 162 Å². The largest absolute Gasteiger partial charge is 0.490 e. The minimum atomic E-state index is -1.78. The molecule has 266 valence electrons. The molecule has 5 rings (SSSR count). The summed E-state index contributed by atoms with van der Waals surface area (Å²) in [5, 5.41) is 49.5. The average molecular weight is 720 g/mol. The van der Waals surface area contributed by atoms with Gasteiger partial charge in [-0.15, -0.1) is 0 Å². The van der Waals surface area contributed by atoms with Crippen molar-refractivity contribution in [2.45, 2.75) is 87.9 Å². The van der Waals surface area contributed by atoms with Crippen molar-refractivity contribution in [3.8, 4) is 16.9 Å². The van der Waals surface area contributed by atoms with Crippen LogP contribution < -0.4 is 4.74 Å². The number of nitrogens with zero attached hydrogens (tertiary/aromatic N) is 2. The Hall–Kier alpha value is -2.84. The van der Waals surface area contributed by atoms with Crippen molar-refractivity contribution in [3.05, 3.63) is 81.6 Å². The molecule has 1 heterocycles. The smallest absolute Gasteiger partial charge is 0.251 e. The van der Waals surface area contributed by atoms with Crippen LogP contribution in [0, 0.1) is 0 Å². The second-order valence-electron chi connectivity index (χ2n) is 12.8. The Morgan fingerprint density at radius 1 is 1.00 bits per heavy atom. The molecule has 3 aromatic rings. The first-order valence-electron chi connectivity index (χ1n) is 16.4. The summed E-state index contributed by atoms with van der Waals surface area (Å²) in [6, 6.07) is 13.6. The van der Waals surface area contributed by atoms with E-state index in [0.717, 1.165) is 64.1 Å². The third kappa shape index (κ3) is 9.29. The number of halogens is 2. The van der Waals surface area contributed by atoms with E-state index in [-0.39, 0.29) is 25.9 Å². The van der Waals surface area contributed by atoms with Gasteiger partial charge in [0.1, 0.15) is 36.3 Å². The molecule has 2 saturated carbocycles. The van der Waals surface area contributed by atoms with Crippen LogP contribution in [0.15, 0.2) is 54.9 Å². The number of rotatable bonds is 18. The summed E-state index contributed by atoms with van der Waals surface area (Å²) in [6.45, 7) is 0.827. The highest BCUT2D eigenvalue weighted by molar-refractivity contribution is 6.34. The summed E-state index contributed by atoms with van der Waals surface area (Å²) >= 11 is 13.3. The van der Waals surface area contributed by atoms with Gasteiger partial charge in [-0.05, 0) is 80.0 Å². The summed E-state index contributed by atoms with van der Waals surface area (Å²) < 4.78 is 18.5. The van der Waals surface area contributed by atoms with Crippen LogP contribution in [0.3, 0.4) is 0 Å². The van der Waals surface area contributed by atoms with Crippen LogP contribution in [0.1, 0.15) is 49.3 Å². The van der Waals surface area contributed by atoms with E-state index in [1.807, 2.05) is 30.5 Å². The Labute approximate surface area is 296 Å². The van der Waals surface area contributed by atoms with E-state index in [9.17, 15) is 25.2 Å². The number of hydrogen-bond donors (Lipinski definition) is 5. The van der Waals surface area contributed by atoms with Crippen LogP contribution in [0.25, 0.3) is 11.1 Å². The molecule has 1 amide bonds. The number of carbonyl (C=O) groups excluding carboxylic acids is 1. The van der Waals surface area contributed by atoms with Crippen LogP contribution in [0.5, 0.6) is 5.75 Å². The molecule has 5 N–H and O–H groups in total. The van der Waals surface area contributed by atoms with Crippen molar-refractivity contribution in [3.63, 3.8) is 0 Å². The maximum Gasteiger partial charge on any atom is 0.251 e. The van der Waals surface area contributed by atoms with Gasteiger partial charge in [-0.3, -0.25) is 9.78 Å². The quantitative estimate of drug-likeness (QED) is 0.131. The van der Waals surface area contributed by atoms with Gasteiger partial charge >= 0.3 is 0 Å². The van der Waals surface area contributed by atoms with Crippen LogP contribution in [-0.2, 0) is 32.9 Å². The van der Waals surface area contributed by atoms with Crippen LogP contribution in [0.4, 0.5) is 0 Å². The SMILES string of the molecule is CC(OCCc1cc(Cl)c(COC2(c3cnccc3-c3ccccc3OC3CC3)CC2)cc1Cl)C(=O)N(C)C[C@H](O)[C@@H](O)[C@H](O)[C@H](O)CO. The average Bonchev–Trinajstić information content (AvgIpc) is 4.05. The lowest BCUT2D eigenvalue weighted by Crippen LogP contribution is -2.51. The maximum absolute atomic E-state index is 12.8. The molecule has 1 unspecified atom stereocenters. The Balaban J connectivity index is 1.15. The maximum atomic E-state index is 12.8. The van der Waals surface area contributed by atoms with Gasteiger partial charge < -0.3 is 44.6 Å². The van der Waals surface area contributed by atoms with Crippen molar-refractivity contribution >= 4 is 29.1 Å². The zero-order valence-electron chi connectivity index (χ0n) is 27.5. The molecule has 0 bridgehead atoms. The van der Waals surface area contributed by atoms with Gasteiger partial charge in [-0.25, -0.2) is 0 Å². The third-order valence-corrected chi connectivity index (χ3v) is 9.68. The fraction of sp³-hybridized carbons (Fsp3) is 0.500. The normalized spacial score (nSPS) is 18.3. The second kappa shape index (κ2) is 16.5. The molecule has 1 aromatic heterocycles. The van der Waals surface area contributed by atoms with Crippen molar-refractivity contribution in [2.75, 3.05) is 26.8 Å². The summed E-state index contributed by atoms with van der Waals surface area (Å²) in [6.07, 6.45) is 0.503. The highest BCUT2D eigenvalue weighted by atomic mass is 35.5. The van der Waals surface area contributed by atoms with Gasteiger partial charge in [-0.1, -0.05) is 41.4 Å². The highest BCUT2D eigenvalue weighted by Gasteiger charge is 2.48. The van der Waals surface area contributed by atoms with Crippen molar-refractivity contribution in [2.24, 2.45) is 0 Å². The van der Waals surface area contributed by atoms with E-state index >= 15 is 0 Å². The minimum Gasteiger partial charge on any atom is -0.490 e. The van der Waals surface area contributed by atoms with Gasteiger partial charge in [0, 0.05) is 47.2 Å². The molecule has 0 aliphatic heterocycles. The number of para-hydroxylation sites is 1. The van der Waals surface area contributed by atoms with E-state index < -0.39 is 48.6 Å². The summed E-state index contributed by atoms with van der Waals surface area (Å²) in [7, 11) is 1.41.